The van der Waals surface area contributed by atoms with Crippen molar-refractivity contribution in [2.75, 3.05) is 38.2 Å². The standard InChI is InChI=1S/C28H31N5O2/c1-35-26-17-21(18-29-19-23-8-4-7-22-6-2-3-9-25(22)23)16-24(27(26)34)20-32-12-14-33(15-13-32)28-30-10-5-11-31-28/h2-11,16-17,29,34H,12-15,18-20H2,1H3. The predicted molar refractivity (Wildman–Crippen MR) is 139 cm³/mol. The number of phenolic OH excluding ortho intramolecular Hbond substituents is 1. The van der Waals surface area contributed by atoms with Crippen molar-refractivity contribution in [3.63, 3.8) is 0 Å². The van der Waals surface area contributed by atoms with Gasteiger partial charge in [0.2, 0.25) is 5.95 Å². The van der Waals surface area contributed by atoms with Gasteiger partial charge in [0.25, 0.3) is 0 Å². The highest BCUT2D eigenvalue weighted by Gasteiger charge is 2.21. The van der Waals surface area contributed by atoms with Crippen LogP contribution in [0.3, 0.4) is 0 Å². The van der Waals surface area contributed by atoms with E-state index >= 15 is 0 Å². The van der Waals surface area contributed by atoms with E-state index in [0.717, 1.165) is 49.8 Å². The van der Waals surface area contributed by atoms with Crippen molar-refractivity contribution >= 4 is 16.7 Å². The molecular weight excluding hydrogens is 438 g/mol. The Labute approximate surface area is 206 Å². The minimum absolute atomic E-state index is 0.221. The van der Waals surface area contributed by atoms with Gasteiger partial charge in [0, 0.05) is 63.8 Å². The number of fused-ring (bicyclic) bond motifs is 1. The Bertz CT molecular complexity index is 1270. The summed E-state index contributed by atoms with van der Waals surface area (Å²) in [5.74, 6) is 1.51. The van der Waals surface area contributed by atoms with E-state index in [2.05, 4.69) is 73.6 Å². The van der Waals surface area contributed by atoms with Gasteiger partial charge in [-0.15, -0.1) is 0 Å². The van der Waals surface area contributed by atoms with Gasteiger partial charge in [0.1, 0.15) is 0 Å². The first-order chi connectivity index (χ1) is 17.2. The van der Waals surface area contributed by atoms with Gasteiger partial charge in [-0.2, -0.15) is 0 Å². The molecule has 1 saturated heterocycles. The molecule has 35 heavy (non-hydrogen) atoms. The first kappa shape index (κ1) is 23.1. The number of aromatic nitrogens is 2. The zero-order valence-electron chi connectivity index (χ0n) is 20.0. The van der Waals surface area contributed by atoms with Gasteiger partial charge < -0.3 is 20.1 Å². The maximum atomic E-state index is 10.8. The Hall–Kier alpha value is -3.68. The van der Waals surface area contributed by atoms with Crippen LogP contribution in [0, 0.1) is 0 Å². The average molecular weight is 470 g/mol. The summed E-state index contributed by atoms with van der Waals surface area (Å²) in [6.45, 7) is 5.59. The van der Waals surface area contributed by atoms with Gasteiger partial charge >= 0.3 is 0 Å². The van der Waals surface area contributed by atoms with E-state index < -0.39 is 0 Å². The second-order valence-electron chi connectivity index (χ2n) is 8.86. The number of piperazine rings is 1. The predicted octanol–water partition coefficient (Wildman–Crippen LogP) is 3.96. The SMILES string of the molecule is COc1cc(CNCc2cccc3ccccc23)cc(CN2CCN(c3ncccn3)CC2)c1O. The van der Waals surface area contributed by atoms with E-state index in [1.165, 1.54) is 16.3 Å². The second kappa shape index (κ2) is 10.7. The number of benzene rings is 3. The lowest BCUT2D eigenvalue weighted by Gasteiger charge is -2.34. The van der Waals surface area contributed by atoms with Crippen molar-refractivity contribution in [1.29, 1.82) is 0 Å². The number of phenols is 1. The Morgan fingerprint density at radius 1 is 0.886 bits per heavy atom. The zero-order valence-corrected chi connectivity index (χ0v) is 20.0. The van der Waals surface area contributed by atoms with Crippen LogP contribution in [0.25, 0.3) is 10.8 Å². The summed E-state index contributed by atoms with van der Waals surface area (Å²) in [6.07, 6.45) is 3.55. The molecule has 7 nitrogen and oxygen atoms in total. The second-order valence-corrected chi connectivity index (χ2v) is 8.86. The molecule has 0 amide bonds. The third kappa shape index (κ3) is 5.37. The molecule has 2 heterocycles. The summed E-state index contributed by atoms with van der Waals surface area (Å²) in [6, 6.07) is 20.7. The van der Waals surface area contributed by atoms with E-state index in [-0.39, 0.29) is 5.75 Å². The van der Waals surface area contributed by atoms with E-state index in [9.17, 15) is 5.11 Å². The lowest BCUT2D eigenvalue weighted by molar-refractivity contribution is 0.244. The molecule has 1 aliphatic heterocycles. The maximum absolute atomic E-state index is 10.8. The molecule has 1 aromatic heterocycles. The van der Waals surface area contributed by atoms with E-state index in [4.69, 9.17) is 4.74 Å². The van der Waals surface area contributed by atoms with E-state index in [1.807, 2.05) is 12.1 Å². The molecule has 0 bridgehead atoms. The van der Waals surface area contributed by atoms with Crippen molar-refractivity contribution in [3.05, 3.63) is 89.7 Å². The number of aromatic hydroxyl groups is 1. The fourth-order valence-electron chi connectivity index (χ4n) is 4.70. The highest BCUT2D eigenvalue weighted by Crippen LogP contribution is 2.33. The molecule has 0 saturated carbocycles. The minimum Gasteiger partial charge on any atom is -0.504 e. The minimum atomic E-state index is 0.221. The molecule has 0 radical (unpaired) electrons. The Morgan fingerprint density at radius 2 is 1.66 bits per heavy atom. The average Bonchev–Trinajstić information content (AvgIpc) is 2.91. The quantitative estimate of drug-likeness (QED) is 0.405. The monoisotopic (exact) mass is 469 g/mol. The highest BCUT2D eigenvalue weighted by atomic mass is 16.5. The van der Waals surface area contributed by atoms with Crippen LogP contribution in [0.1, 0.15) is 16.7 Å². The van der Waals surface area contributed by atoms with E-state index in [1.54, 1.807) is 19.5 Å². The number of hydrogen-bond donors (Lipinski definition) is 2. The van der Waals surface area contributed by atoms with Gasteiger partial charge in [-0.3, -0.25) is 4.90 Å². The molecule has 180 valence electrons. The molecule has 0 unspecified atom stereocenters. The number of nitrogens with one attached hydrogen (secondary N) is 1. The van der Waals surface area contributed by atoms with Gasteiger partial charge in [0.15, 0.2) is 11.5 Å². The summed E-state index contributed by atoms with van der Waals surface area (Å²) >= 11 is 0. The lowest BCUT2D eigenvalue weighted by atomic mass is 10.0. The molecule has 2 N–H and O–H groups in total. The van der Waals surface area contributed by atoms with Gasteiger partial charge in [0.05, 0.1) is 7.11 Å². The Morgan fingerprint density at radius 3 is 2.46 bits per heavy atom. The van der Waals surface area contributed by atoms with Crippen molar-refractivity contribution in [1.82, 2.24) is 20.2 Å². The van der Waals surface area contributed by atoms with Crippen molar-refractivity contribution in [2.24, 2.45) is 0 Å². The molecule has 4 aromatic rings. The number of ether oxygens (including phenoxy) is 1. The topological polar surface area (TPSA) is 73.8 Å². The summed E-state index contributed by atoms with van der Waals surface area (Å²) in [7, 11) is 1.60. The summed E-state index contributed by atoms with van der Waals surface area (Å²) in [5, 5.41) is 16.9. The molecule has 0 spiro atoms. The molecule has 5 rings (SSSR count). The molecular formula is C28H31N5O2. The number of anilines is 1. The van der Waals surface area contributed by atoms with Gasteiger partial charge in [-0.1, -0.05) is 42.5 Å². The fourth-order valence-corrected chi connectivity index (χ4v) is 4.70. The molecule has 1 aliphatic rings. The first-order valence-electron chi connectivity index (χ1n) is 12.0. The number of hydrogen-bond acceptors (Lipinski definition) is 7. The number of nitrogens with zero attached hydrogens (tertiary/aromatic N) is 4. The molecule has 0 aliphatic carbocycles. The highest BCUT2D eigenvalue weighted by molar-refractivity contribution is 5.85. The summed E-state index contributed by atoms with van der Waals surface area (Å²) < 4.78 is 5.49. The number of methoxy groups -OCH3 is 1. The van der Waals surface area contributed by atoms with Crippen molar-refractivity contribution in [3.8, 4) is 11.5 Å². The Kier molecular flexibility index (Phi) is 7.07. The van der Waals surface area contributed by atoms with Crippen molar-refractivity contribution in [2.45, 2.75) is 19.6 Å². The smallest absolute Gasteiger partial charge is 0.225 e. The molecule has 7 heteroatoms. The fraction of sp³-hybridized carbons (Fsp3) is 0.286. The van der Waals surface area contributed by atoms with Crippen LogP contribution >= 0.6 is 0 Å². The lowest BCUT2D eigenvalue weighted by Crippen LogP contribution is -2.46. The largest absolute Gasteiger partial charge is 0.504 e. The van der Waals surface area contributed by atoms with E-state index in [0.29, 0.717) is 18.8 Å². The van der Waals surface area contributed by atoms with Crippen LogP contribution < -0.4 is 15.0 Å². The number of rotatable bonds is 8. The zero-order chi connectivity index (χ0) is 24.0. The van der Waals surface area contributed by atoms with Gasteiger partial charge in [-0.25, -0.2) is 9.97 Å². The van der Waals surface area contributed by atoms with Crippen LogP contribution in [-0.2, 0) is 19.6 Å². The third-order valence-electron chi connectivity index (χ3n) is 6.56. The van der Waals surface area contributed by atoms with Crippen molar-refractivity contribution < 1.29 is 9.84 Å². The molecule has 1 fully saturated rings. The maximum Gasteiger partial charge on any atom is 0.225 e. The van der Waals surface area contributed by atoms with Crippen LogP contribution in [0.4, 0.5) is 5.95 Å². The first-order valence-corrected chi connectivity index (χ1v) is 12.0. The Balaban J connectivity index is 1.23. The van der Waals surface area contributed by atoms with Crippen LogP contribution in [-0.4, -0.2) is 53.3 Å². The molecule has 3 aromatic carbocycles. The van der Waals surface area contributed by atoms with Crippen LogP contribution in [0.15, 0.2) is 73.1 Å². The summed E-state index contributed by atoms with van der Waals surface area (Å²) in [4.78, 5) is 13.3. The van der Waals surface area contributed by atoms with Crippen LogP contribution in [0.5, 0.6) is 11.5 Å². The van der Waals surface area contributed by atoms with Crippen LogP contribution in [0.2, 0.25) is 0 Å². The summed E-state index contributed by atoms with van der Waals surface area (Å²) in [5.41, 5.74) is 3.25. The van der Waals surface area contributed by atoms with Gasteiger partial charge in [-0.05, 0) is 40.1 Å². The third-order valence-corrected chi connectivity index (χ3v) is 6.56. The molecule has 0 atom stereocenters. The normalized spacial score (nSPS) is 14.4.